The van der Waals surface area contributed by atoms with E-state index in [9.17, 15) is 9.59 Å². The lowest BCUT2D eigenvalue weighted by Crippen LogP contribution is -2.43. The number of furan rings is 1. The van der Waals surface area contributed by atoms with Gasteiger partial charge in [0.25, 0.3) is 0 Å². The van der Waals surface area contributed by atoms with Crippen molar-refractivity contribution < 1.29 is 18.7 Å². The zero-order valence-corrected chi connectivity index (χ0v) is 15.8. The molecule has 2 fully saturated rings. The van der Waals surface area contributed by atoms with Crippen molar-refractivity contribution in [3.05, 3.63) is 71.2 Å². The van der Waals surface area contributed by atoms with E-state index in [4.69, 9.17) is 20.8 Å². The summed E-state index contributed by atoms with van der Waals surface area (Å²) in [6.07, 6.45) is 5.06. The van der Waals surface area contributed by atoms with Gasteiger partial charge in [-0.1, -0.05) is 42.0 Å². The summed E-state index contributed by atoms with van der Waals surface area (Å²) in [6.45, 7) is 1.12. The molecule has 2 saturated heterocycles. The number of carbonyl (C=O) groups excluding carboxylic acids is 2. The standard InChI is InChI=1S/C21H19ClN2O4/c22-15-6-2-1-4-13(15)10-23-19(25)17-16-7-8-21(28-16)12-24(20(26)18(17)21)11-14-5-3-9-27-14/h1-9,16-18H,10-12H2,(H,23,25)/t16-,17+,18+,21+/m1/s1. The van der Waals surface area contributed by atoms with E-state index in [1.54, 1.807) is 23.3 Å². The zero-order chi connectivity index (χ0) is 19.3. The van der Waals surface area contributed by atoms with Crippen LogP contribution in [-0.2, 0) is 27.4 Å². The maximum Gasteiger partial charge on any atom is 0.230 e. The van der Waals surface area contributed by atoms with Crippen LogP contribution in [0.1, 0.15) is 11.3 Å². The molecule has 144 valence electrons. The van der Waals surface area contributed by atoms with E-state index in [0.29, 0.717) is 30.4 Å². The smallest absolute Gasteiger partial charge is 0.230 e. The number of halogens is 1. The van der Waals surface area contributed by atoms with Crippen LogP contribution in [0.3, 0.4) is 0 Å². The summed E-state index contributed by atoms with van der Waals surface area (Å²) in [4.78, 5) is 27.8. The number of benzene rings is 1. The predicted molar refractivity (Wildman–Crippen MR) is 101 cm³/mol. The number of fused-ring (bicyclic) bond motifs is 1. The molecule has 1 aromatic heterocycles. The molecule has 2 amide bonds. The van der Waals surface area contributed by atoms with E-state index in [-0.39, 0.29) is 17.9 Å². The second-order valence-corrected chi connectivity index (χ2v) is 7.89. The van der Waals surface area contributed by atoms with Crippen molar-refractivity contribution in [2.24, 2.45) is 11.8 Å². The first kappa shape index (κ1) is 17.5. The summed E-state index contributed by atoms with van der Waals surface area (Å²) in [5, 5.41) is 3.53. The topological polar surface area (TPSA) is 71.8 Å². The minimum Gasteiger partial charge on any atom is -0.467 e. The fraction of sp³-hybridized carbons (Fsp3) is 0.333. The summed E-state index contributed by atoms with van der Waals surface area (Å²) in [5.74, 6) is -0.594. The van der Waals surface area contributed by atoms with Crippen molar-refractivity contribution in [1.29, 1.82) is 0 Å². The van der Waals surface area contributed by atoms with Crippen LogP contribution in [0.25, 0.3) is 0 Å². The second-order valence-electron chi connectivity index (χ2n) is 7.48. The first-order chi connectivity index (χ1) is 13.6. The van der Waals surface area contributed by atoms with E-state index in [1.807, 2.05) is 36.4 Å². The normalized spacial score (nSPS) is 30.1. The van der Waals surface area contributed by atoms with Crippen LogP contribution in [0.5, 0.6) is 0 Å². The molecule has 4 atom stereocenters. The van der Waals surface area contributed by atoms with Gasteiger partial charge in [0, 0.05) is 11.6 Å². The Morgan fingerprint density at radius 2 is 2.14 bits per heavy atom. The highest BCUT2D eigenvalue weighted by Crippen LogP contribution is 2.52. The predicted octanol–water partition coefficient (Wildman–Crippen LogP) is 2.53. The number of nitrogens with zero attached hydrogens (tertiary/aromatic N) is 1. The number of hydrogen-bond donors (Lipinski definition) is 1. The molecule has 28 heavy (non-hydrogen) atoms. The molecule has 3 aliphatic rings. The molecule has 3 aliphatic heterocycles. The van der Waals surface area contributed by atoms with Gasteiger partial charge in [-0.3, -0.25) is 9.59 Å². The first-order valence-electron chi connectivity index (χ1n) is 9.27. The van der Waals surface area contributed by atoms with Gasteiger partial charge in [-0.2, -0.15) is 0 Å². The Labute approximate surface area is 167 Å². The molecule has 0 unspecified atom stereocenters. The minimum atomic E-state index is -0.721. The lowest BCUT2D eigenvalue weighted by atomic mass is 9.77. The second kappa shape index (κ2) is 6.50. The van der Waals surface area contributed by atoms with Crippen LogP contribution in [0.2, 0.25) is 5.02 Å². The number of nitrogens with one attached hydrogen (secondary N) is 1. The Bertz CT molecular complexity index is 957. The van der Waals surface area contributed by atoms with Crippen molar-refractivity contribution in [2.75, 3.05) is 6.54 Å². The highest BCUT2D eigenvalue weighted by Gasteiger charge is 2.66. The Morgan fingerprint density at radius 3 is 2.93 bits per heavy atom. The van der Waals surface area contributed by atoms with Gasteiger partial charge >= 0.3 is 0 Å². The van der Waals surface area contributed by atoms with Gasteiger partial charge in [0.05, 0.1) is 37.3 Å². The van der Waals surface area contributed by atoms with Crippen LogP contribution in [-0.4, -0.2) is 35.0 Å². The summed E-state index contributed by atoms with van der Waals surface area (Å²) in [7, 11) is 0. The van der Waals surface area contributed by atoms with Gasteiger partial charge in [0.2, 0.25) is 11.8 Å². The molecule has 4 heterocycles. The summed E-state index contributed by atoms with van der Waals surface area (Å²) < 4.78 is 11.5. The molecule has 0 radical (unpaired) electrons. The number of ether oxygens (including phenoxy) is 1. The van der Waals surface area contributed by atoms with Gasteiger partial charge in [0.1, 0.15) is 11.4 Å². The monoisotopic (exact) mass is 398 g/mol. The van der Waals surface area contributed by atoms with Crippen molar-refractivity contribution in [3.8, 4) is 0 Å². The van der Waals surface area contributed by atoms with E-state index in [1.165, 1.54) is 0 Å². The van der Waals surface area contributed by atoms with Crippen LogP contribution in [0.15, 0.2) is 59.2 Å². The fourth-order valence-electron chi connectivity index (χ4n) is 4.54. The average molecular weight is 399 g/mol. The number of carbonyl (C=O) groups is 2. The molecule has 6 nitrogen and oxygen atoms in total. The lowest BCUT2D eigenvalue weighted by molar-refractivity contribution is -0.138. The van der Waals surface area contributed by atoms with Crippen LogP contribution in [0, 0.1) is 11.8 Å². The SMILES string of the molecule is O=C(NCc1ccccc1Cl)[C@@H]1[C@H]2C(=O)N(Cc3ccco3)C[C@@]23C=C[C@H]1O3. The molecular formula is C21H19ClN2O4. The van der Waals surface area contributed by atoms with E-state index in [0.717, 1.165) is 5.56 Å². The largest absolute Gasteiger partial charge is 0.467 e. The molecule has 1 N–H and O–H groups in total. The third-order valence-electron chi connectivity index (χ3n) is 5.82. The number of rotatable bonds is 5. The van der Waals surface area contributed by atoms with E-state index in [2.05, 4.69) is 5.32 Å². The third-order valence-corrected chi connectivity index (χ3v) is 6.19. The molecular weight excluding hydrogens is 380 g/mol. The average Bonchev–Trinajstić information content (AvgIpc) is 3.44. The van der Waals surface area contributed by atoms with Crippen LogP contribution >= 0.6 is 11.6 Å². The van der Waals surface area contributed by atoms with Crippen molar-refractivity contribution >= 4 is 23.4 Å². The van der Waals surface area contributed by atoms with Crippen LogP contribution < -0.4 is 5.32 Å². The molecule has 5 rings (SSSR count). The summed E-state index contributed by atoms with van der Waals surface area (Å²) >= 11 is 6.17. The zero-order valence-electron chi connectivity index (χ0n) is 15.0. The van der Waals surface area contributed by atoms with Gasteiger partial charge in [-0.25, -0.2) is 0 Å². The molecule has 2 bridgehead atoms. The van der Waals surface area contributed by atoms with Gasteiger partial charge in [-0.05, 0) is 23.8 Å². The quantitative estimate of drug-likeness (QED) is 0.785. The molecule has 7 heteroatoms. The molecule has 2 aromatic rings. The minimum absolute atomic E-state index is 0.0684. The maximum atomic E-state index is 13.1. The van der Waals surface area contributed by atoms with Crippen molar-refractivity contribution in [1.82, 2.24) is 10.2 Å². The summed E-state index contributed by atoms with van der Waals surface area (Å²) in [5.41, 5.74) is 0.116. The van der Waals surface area contributed by atoms with Crippen molar-refractivity contribution in [2.45, 2.75) is 24.8 Å². The maximum absolute atomic E-state index is 13.1. The van der Waals surface area contributed by atoms with E-state index >= 15 is 0 Å². The number of amides is 2. The van der Waals surface area contributed by atoms with Crippen LogP contribution in [0.4, 0.5) is 0 Å². The van der Waals surface area contributed by atoms with Crippen molar-refractivity contribution in [3.63, 3.8) is 0 Å². The van der Waals surface area contributed by atoms with Gasteiger partial charge in [-0.15, -0.1) is 0 Å². The number of likely N-dealkylation sites (tertiary alicyclic amines) is 1. The lowest BCUT2D eigenvalue weighted by Gasteiger charge is -2.23. The molecule has 0 saturated carbocycles. The fourth-order valence-corrected chi connectivity index (χ4v) is 4.75. The Kier molecular flexibility index (Phi) is 4.07. The third kappa shape index (κ3) is 2.67. The first-order valence-corrected chi connectivity index (χ1v) is 9.65. The molecule has 0 aliphatic carbocycles. The summed E-state index contributed by atoms with van der Waals surface area (Å²) in [6, 6.07) is 11.0. The highest BCUT2D eigenvalue weighted by molar-refractivity contribution is 6.31. The van der Waals surface area contributed by atoms with E-state index < -0.39 is 17.4 Å². The Hall–Kier alpha value is -2.57. The number of hydrogen-bond acceptors (Lipinski definition) is 4. The van der Waals surface area contributed by atoms with Gasteiger partial charge in [0.15, 0.2) is 0 Å². The highest BCUT2D eigenvalue weighted by atomic mass is 35.5. The Morgan fingerprint density at radius 1 is 1.29 bits per heavy atom. The van der Waals surface area contributed by atoms with Gasteiger partial charge < -0.3 is 19.4 Å². The molecule has 1 spiro atoms. The Balaban J connectivity index is 1.33. The molecule has 1 aromatic carbocycles.